The predicted molar refractivity (Wildman–Crippen MR) is 57.6 cm³/mol. The van der Waals surface area contributed by atoms with Crippen molar-refractivity contribution in [3.8, 4) is 0 Å². The summed E-state index contributed by atoms with van der Waals surface area (Å²) >= 11 is 3.37. The standard InChI is InChI=1S/C9H9BrN4O/c10-6-1-4-15-9(6)8(14-11)7-5-12-2-3-13-7/h1-5,8,14H,11H2. The number of rotatable bonds is 3. The van der Waals surface area contributed by atoms with E-state index in [1.807, 2.05) is 0 Å². The first-order valence-corrected chi connectivity index (χ1v) is 5.07. The van der Waals surface area contributed by atoms with Gasteiger partial charge in [-0.05, 0) is 22.0 Å². The van der Waals surface area contributed by atoms with Crippen molar-refractivity contribution >= 4 is 15.9 Å². The van der Waals surface area contributed by atoms with E-state index in [0.717, 1.165) is 4.47 Å². The Morgan fingerprint density at radius 1 is 1.47 bits per heavy atom. The van der Waals surface area contributed by atoms with Gasteiger partial charge in [0.2, 0.25) is 0 Å². The van der Waals surface area contributed by atoms with E-state index in [-0.39, 0.29) is 6.04 Å². The zero-order valence-electron chi connectivity index (χ0n) is 7.72. The molecule has 2 heterocycles. The van der Waals surface area contributed by atoms with Crippen LogP contribution in [0.1, 0.15) is 17.5 Å². The Kier molecular flexibility index (Phi) is 3.10. The van der Waals surface area contributed by atoms with Gasteiger partial charge in [0.05, 0.1) is 22.6 Å². The number of furan rings is 1. The van der Waals surface area contributed by atoms with E-state index in [0.29, 0.717) is 11.5 Å². The summed E-state index contributed by atoms with van der Waals surface area (Å²) in [5, 5.41) is 0. The van der Waals surface area contributed by atoms with E-state index in [4.69, 9.17) is 10.3 Å². The van der Waals surface area contributed by atoms with Crippen molar-refractivity contribution in [2.45, 2.75) is 6.04 Å². The Labute approximate surface area is 94.8 Å². The van der Waals surface area contributed by atoms with Gasteiger partial charge in [-0.1, -0.05) is 0 Å². The molecule has 2 rings (SSSR count). The summed E-state index contributed by atoms with van der Waals surface area (Å²) in [6.07, 6.45) is 6.43. The first-order valence-electron chi connectivity index (χ1n) is 4.28. The van der Waals surface area contributed by atoms with Gasteiger partial charge in [0, 0.05) is 12.4 Å². The summed E-state index contributed by atoms with van der Waals surface area (Å²) in [7, 11) is 0. The maximum atomic E-state index is 5.47. The molecular formula is C9H9BrN4O. The molecule has 15 heavy (non-hydrogen) atoms. The van der Waals surface area contributed by atoms with Crippen LogP contribution in [0.25, 0.3) is 0 Å². The smallest absolute Gasteiger partial charge is 0.142 e. The van der Waals surface area contributed by atoms with Gasteiger partial charge in [-0.15, -0.1) is 0 Å². The molecule has 1 unspecified atom stereocenters. The van der Waals surface area contributed by atoms with Crippen molar-refractivity contribution in [1.82, 2.24) is 15.4 Å². The highest BCUT2D eigenvalue weighted by Crippen LogP contribution is 2.27. The van der Waals surface area contributed by atoms with Crippen LogP contribution < -0.4 is 11.3 Å². The zero-order chi connectivity index (χ0) is 10.7. The molecule has 0 radical (unpaired) electrons. The first kappa shape index (κ1) is 10.3. The largest absolute Gasteiger partial charge is 0.466 e. The lowest BCUT2D eigenvalue weighted by Gasteiger charge is -2.12. The van der Waals surface area contributed by atoms with Crippen molar-refractivity contribution < 1.29 is 4.42 Å². The third kappa shape index (κ3) is 2.06. The Bertz CT molecular complexity index is 431. The Morgan fingerprint density at radius 3 is 2.87 bits per heavy atom. The number of nitrogens with one attached hydrogen (secondary N) is 1. The molecule has 3 N–H and O–H groups in total. The molecule has 0 saturated heterocycles. The monoisotopic (exact) mass is 268 g/mol. The van der Waals surface area contributed by atoms with Crippen LogP contribution >= 0.6 is 15.9 Å². The van der Waals surface area contributed by atoms with Crippen LogP contribution in [0.4, 0.5) is 0 Å². The highest BCUT2D eigenvalue weighted by atomic mass is 79.9. The summed E-state index contributed by atoms with van der Waals surface area (Å²) in [5.74, 6) is 6.14. The Hall–Kier alpha value is -1.24. The van der Waals surface area contributed by atoms with Crippen LogP contribution in [0, 0.1) is 0 Å². The maximum absolute atomic E-state index is 5.47. The molecule has 0 spiro atoms. The summed E-state index contributed by atoms with van der Waals surface area (Å²) < 4.78 is 6.16. The fourth-order valence-electron chi connectivity index (χ4n) is 1.27. The minimum absolute atomic E-state index is 0.303. The van der Waals surface area contributed by atoms with Crippen molar-refractivity contribution in [3.05, 3.63) is 46.8 Å². The van der Waals surface area contributed by atoms with Crippen LogP contribution in [-0.2, 0) is 0 Å². The van der Waals surface area contributed by atoms with Crippen LogP contribution in [-0.4, -0.2) is 9.97 Å². The average Bonchev–Trinajstić information content (AvgIpc) is 2.68. The fraction of sp³-hybridized carbons (Fsp3) is 0.111. The molecule has 0 amide bonds. The van der Waals surface area contributed by atoms with Crippen molar-refractivity contribution in [2.24, 2.45) is 5.84 Å². The number of nitrogens with two attached hydrogens (primary N) is 1. The highest BCUT2D eigenvalue weighted by Gasteiger charge is 2.19. The molecule has 5 nitrogen and oxygen atoms in total. The van der Waals surface area contributed by atoms with E-state index in [1.54, 1.807) is 30.9 Å². The molecule has 0 aliphatic rings. The summed E-state index contributed by atoms with van der Waals surface area (Å²) in [5.41, 5.74) is 3.34. The summed E-state index contributed by atoms with van der Waals surface area (Å²) in [6, 6.07) is 1.50. The molecule has 6 heteroatoms. The second kappa shape index (κ2) is 4.52. The van der Waals surface area contributed by atoms with Crippen LogP contribution in [0.3, 0.4) is 0 Å². The third-order valence-corrected chi connectivity index (χ3v) is 2.61. The van der Waals surface area contributed by atoms with Crippen LogP contribution in [0.5, 0.6) is 0 Å². The minimum atomic E-state index is -0.303. The molecule has 1 atom stereocenters. The van der Waals surface area contributed by atoms with Gasteiger partial charge in [0.15, 0.2) is 0 Å². The minimum Gasteiger partial charge on any atom is -0.466 e. The zero-order valence-corrected chi connectivity index (χ0v) is 9.31. The molecule has 0 aromatic carbocycles. The average molecular weight is 269 g/mol. The van der Waals surface area contributed by atoms with Gasteiger partial charge in [0.1, 0.15) is 11.8 Å². The van der Waals surface area contributed by atoms with Crippen LogP contribution in [0.15, 0.2) is 39.8 Å². The molecule has 0 aliphatic carbocycles. The Morgan fingerprint density at radius 2 is 2.33 bits per heavy atom. The van der Waals surface area contributed by atoms with Gasteiger partial charge in [-0.25, -0.2) is 5.43 Å². The normalized spacial score (nSPS) is 12.7. The van der Waals surface area contributed by atoms with Gasteiger partial charge in [-0.3, -0.25) is 15.8 Å². The lowest BCUT2D eigenvalue weighted by Crippen LogP contribution is -2.29. The lowest BCUT2D eigenvalue weighted by atomic mass is 10.2. The fourth-order valence-corrected chi connectivity index (χ4v) is 1.70. The number of hydrazine groups is 1. The number of nitrogens with zero attached hydrogens (tertiary/aromatic N) is 2. The molecule has 0 bridgehead atoms. The molecule has 78 valence electrons. The number of halogens is 1. The molecule has 0 fully saturated rings. The number of hydrogen-bond donors (Lipinski definition) is 2. The lowest BCUT2D eigenvalue weighted by molar-refractivity contribution is 0.444. The highest BCUT2D eigenvalue weighted by molar-refractivity contribution is 9.10. The number of hydrogen-bond acceptors (Lipinski definition) is 5. The van der Waals surface area contributed by atoms with Gasteiger partial charge in [0.25, 0.3) is 0 Å². The topological polar surface area (TPSA) is 77.0 Å². The van der Waals surface area contributed by atoms with E-state index < -0.39 is 0 Å². The maximum Gasteiger partial charge on any atom is 0.142 e. The van der Waals surface area contributed by atoms with Crippen molar-refractivity contribution in [1.29, 1.82) is 0 Å². The second-order valence-electron chi connectivity index (χ2n) is 2.86. The molecule has 0 aliphatic heterocycles. The van der Waals surface area contributed by atoms with Crippen LogP contribution in [0.2, 0.25) is 0 Å². The van der Waals surface area contributed by atoms with Crippen molar-refractivity contribution in [3.63, 3.8) is 0 Å². The SMILES string of the molecule is NNC(c1cnccn1)c1occc1Br. The van der Waals surface area contributed by atoms with E-state index in [2.05, 4.69) is 31.3 Å². The quantitative estimate of drug-likeness (QED) is 0.650. The van der Waals surface area contributed by atoms with E-state index >= 15 is 0 Å². The third-order valence-electron chi connectivity index (χ3n) is 1.95. The van der Waals surface area contributed by atoms with Crippen molar-refractivity contribution in [2.75, 3.05) is 0 Å². The van der Waals surface area contributed by atoms with E-state index in [9.17, 15) is 0 Å². The van der Waals surface area contributed by atoms with Gasteiger partial charge in [-0.2, -0.15) is 0 Å². The molecule has 2 aromatic heterocycles. The molecular weight excluding hydrogens is 260 g/mol. The first-order chi connectivity index (χ1) is 7.33. The van der Waals surface area contributed by atoms with Gasteiger partial charge < -0.3 is 4.42 Å². The molecule has 0 saturated carbocycles. The summed E-state index contributed by atoms with van der Waals surface area (Å²) in [6.45, 7) is 0. The number of aromatic nitrogens is 2. The Balaban J connectivity index is 2.37. The summed E-state index contributed by atoms with van der Waals surface area (Å²) in [4.78, 5) is 8.14. The second-order valence-corrected chi connectivity index (χ2v) is 3.72. The predicted octanol–water partition coefficient (Wildman–Crippen LogP) is 1.38. The van der Waals surface area contributed by atoms with E-state index in [1.165, 1.54) is 0 Å². The molecule has 2 aromatic rings. The van der Waals surface area contributed by atoms with Gasteiger partial charge >= 0.3 is 0 Å².